The lowest BCUT2D eigenvalue weighted by atomic mass is 10.1. The molecule has 0 unspecified atom stereocenters. The van der Waals surface area contributed by atoms with Crippen LogP contribution in [-0.2, 0) is 0 Å². The Hall–Kier alpha value is -1.52. The van der Waals surface area contributed by atoms with E-state index >= 15 is 0 Å². The molecule has 0 aliphatic heterocycles. The summed E-state index contributed by atoms with van der Waals surface area (Å²) in [6.07, 6.45) is 1.66. The van der Waals surface area contributed by atoms with Crippen molar-refractivity contribution >= 4 is 34.8 Å². The van der Waals surface area contributed by atoms with Crippen molar-refractivity contribution in [1.82, 2.24) is 8.96 Å². The third-order valence-electron chi connectivity index (χ3n) is 3.10. The van der Waals surface area contributed by atoms with Crippen LogP contribution in [0.4, 0.5) is 3.89 Å². The average molecular weight is 293 g/mol. The van der Waals surface area contributed by atoms with Gasteiger partial charge in [-0.2, -0.15) is 0 Å². The summed E-state index contributed by atoms with van der Waals surface area (Å²) in [6.45, 7) is 2.01. The fourth-order valence-electron chi connectivity index (χ4n) is 2.18. The molecule has 0 amide bonds. The van der Waals surface area contributed by atoms with Gasteiger partial charge in [0.25, 0.3) is 0 Å². The lowest BCUT2D eigenvalue weighted by Crippen LogP contribution is -1.90. The molecule has 0 radical (unpaired) electrons. The Morgan fingerprint density at radius 3 is 2.79 bits per heavy atom. The number of hydrogen-bond acceptors (Lipinski definition) is 2. The molecule has 2 aromatic heterocycles. The SMILES string of the molecule is Cc1ccccc1-c1cc2cnc(Cl)cc2n1SF. The van der Waals surface area contributed by atoms with Crippen LogP contribution in [0.3, 0.4) is 0 Å². The first-order valence-electron chi connectivity index (χ1n) is 5.73. The monoisotopic (exact) mass is 292 g/mol. The van der Waals surface area contributed by atoms with Crippen molar-refractivity contribution in [2.75, 3.05) is 0 Å². The highest BCUT2D eigenvalue weighted by molar-refractivity contribution is 7.93. The molecule has 0 bridgehead atoms. The lowest BCUT2D eigenvalue weighted by molar-refractivity contribution is 0.922. The summed E-state index contributed by atoms with van der Waals surface area (Å²) in [5.41, 5.74) is 3.63. The number of aromatic nitrogens is 2. The van der Waals surface area contributed by atoms with Crippen LogP contribution in [0.5, 0.6) is 0 Å². The Bertz CT molecular complexity index is 754. The number of nitrogens with zero attached hydrogens (tertiary/aromatic N) is 2. The molecule has 3 aromatic rings. The van der Waals surface area contributed by atoms with Crippen molar-refractivity contribution in [3.63, 3.8) is 0 Å². The fraction of sp³-hybridized carbons (Fsp3) is 0.0714. The average Bonchev–Trinajstić information content (AvgIpc) is 2.76. The molecule has 0 atom stereocenters. The zero-order chi connectivity index (χ0) is 13.4. The van der Waals surface area contributed by atoms with Crippen LogP contribution in [0.15, 0.2) is 42.6 Å². The highest BCUT2D eigenvalue weighted by Crippen LogP contribution is 2.34. The van der Waals surface area contributed by atoms with Gasteiger partial charge < -0.3 is 0 Å². The van der Waals surface area contributed by atoms with Crippen LogP contribution >= 0.6 is 23.9 Å². The van der Waals surface area contributed by atoms with Crippen LogP contribution in [0.2, 0.25) is 5.15 Å². The third-order valence-corrected chi connectivity index (χ3v) is 3.84. The summed E-state index contributed by atoms with van der Waals surface area (Å²) in [6, 6.07) is 11.5. The topological polar surface area (TPSA) is 17.8 Å². The molecular weight excluding hydrogens is 283 g/mol. The third kappa shape index (κ3) is 2.11. The smallest absolute Gasteiger partial charge is 0.170 e. The van der Waals surface area contributed by atoms with Gasteiger partial charge in [-0.15, -0.1) is 3.89 Å². The highest BCUT2D eigenvalue weighted by Gasteiger charge is 2.13. The molecule has 5 heteroatoms. The van der Waals surface area contributed by atoms with Gasteiger partial charge in [0.05, 0.1) is 11.2 Å². The van der Waals surface area contributed by atoms with Crippen LogP contribution in [-0.4, -0.2) is 8.96 Å². The van der Waals surface area contributed by atoms with E-state index in [0.717, 1.165) is 27.7 Å². The predicted octanol–water partition coefficient (Wildman–Crippen LogP) is 5.05. The molecule has 96 valence electrons. The molecule has 3 rings (SSSR count). The number of aryl methyl sites for hydroxylation is 1. The van der Waals surface area contributed by atoms with E-state index < -0.39 is 0 Å². The van der Waals surface area contributed by atoms with Gasteiger partial charge in [0.2, 0.25) is 0 Å². The van der Waals surface area contributed by atoms with Gasteiger partial charge in [0.15, 0.2) is 12.3 Å². The van der Waals surface area contributed by atoms with E-state index in [1.165, 1.54) is 3.97 Å². The second kappa shape index (κ2) is 4.87. The molecule has 0 saturated carbocycles. The molecule has 0 aliphatic carbocycles. The molecule has 0 spiro atoms. The predicted molar refractivity (Wildman–Crippen MR) is 79.0 cm³/mol. The number of hydrogen-bond donors (Lipinski definition) is 0. The highest BCUT2D eigenvalue weighted by atomic mass is 35.5. The largest absolute Gasteiger partial charge is 0.256 e. The minimum absolute atomic E-state index is 0.174. The van der Waals surface area contributed by atoms with Crippen LogP contribution in [0.1, 0.15) is 5.56 Å². The fourth-order valence-corrected chi connectivity index (χ4v) is 2.79. The number of rotatable bonds is 2. The summed E-state index contributed by atoms with van der Waals surface area (Å²) < 4.78 is 14.8. The Kier molecular flexibility index (Phi) is 3.21. The molecule has 19 heavy (non-hydrogen) atoms. The van der Waals surface area contributed by atoms with E-state index in [-0.39, 0.29) is 12.3 Å². The van der Waals surface area contributed by atoms with Crippen molar-refractivity contribution in [2.45, 2.75) is 6.92 Å². The Morgan fingerprint density at radius 1 is 1.26 bits per heavy atom. The minimum atomic E-state index is 0.174. The van der Waals surface area contributed by atoms with E-state index in [2.05, 4.69) is 4.98 Å². The first-order chi connectivity index (χ1) is 9.20. The molecule has 0 aliphatic rings. The summed E-state index contributed by atoms with van der Waals surface area (Å²) in [5.74, 6) is 0. The number of pyridine rings is 1. The van der Waals surface area contributed by atoms with E-state index in [4.69, 9.17) is 11.6 Å². The number of benzene rings is 1. The van der Waals surface area contributed by atoms with Crippen LogP contribution in [0.25, 0.3) is 22.2 Å². The summed E-state index contributed by atoms with van der Waals surface area (Å²) in [5, 5.41) is 1.23. The van der Waals surface area contributed by atoms with Crippen LogP contribution in [0, 0.1) is 6.92 Å². The molecule has 2 nitrogen and oxygen atoms in total. The second-order valence-electron chi connectivity index (χ2n) is 4.27. The van der Waals surface area contributed by atoms with Crippen LogP contribution < -0.4 is 0 Å². The molecule has 0 saturated heterocycles. The van der Waals surface area contributed by atoms with E-state index in [9.17, 15) is 3.89 Å². The second-order valence-corrected chi connectivity index (χ2v) is 5.16. The van der Waals surface area contributed by atoms with Gasteiger partial charge in [-0.3, -0.25) is 3.97 Å². The molecular formula is C14H10ClFN2S. The maximum absolute atomic E-state index is 13.3. The summed E-state index contributed by atoms with van der Waals surface area (Å²) >= 11 is 6.05. The maximum Gasteiger partial charge on any atom is 0.170 e. The molecule has 2 heterocycles. The van der Waals surface area contributed by atoms with E-state index in [0.29, 0.717) is 5.15 Å². The van der Waals surface area contributed by atoms with Gasteiger partial charge in [0.1, 0.15) is 5.15 Å². The van der Waals surface area contributed by atoms with Gasteiger partial charge in [0, 0.05) is 23.2 Å². The minimum Gasteiger partial charge on any atom is -0.256 e. The van der Waals surface area contributed by atoms with Gasteiger partial charge >= 0.3 is 0 Å². The quantitative estimate of drug-likeness (QED) is 0.615. The maximum atomic E-state index is 13.3. The lowest BCUT2D eigenvalue weighted by Gasteiger charge is -2.07. The first kappa shape index (κ1) is 12.5. The normalized spacial score (nSPS) is 11.1. The zero-order valence-electron chi connectivity index (χ0n) is 10.1. The molecule has 0 fully saturated rings. The zero-order valence-corrected chi connectivity index (χ0v) is 11.7. The summed E-state index contributed by atoms with van der Waals surface area (Å²) in [4.78, 5) is 4.03. The van der Waals surface area contributed by atoms with Crippen molar-refractivity contribution in [2.24, 2.45) is 0 Å². The van der Waals surface area contributed by atoms with Gasteiger partial charge in [-0.05, 0) is 18.6 Å². The molecule has 1 aromatic carbocycles. The van der Waals surface area contributed by atoms with Gasteiger partial charge in [-0.25, -0.2) is 4.98 Å². The van der Waals surface area contributed by atoms with E-state index in [1.54, 1.807) is 12.3 Å². The van der Waals surface area contributed by atoms with Crippen molar-refractivity contribution in [3.8, 4) is 11.3 Å². The van der Waals surface area contributed by atoms with Crippen molar-refractivity contribution in [3.05, 3.63) is 53.3 Å². The molecule has 0 N–H and O–H groups in total. The first-order valence-corrected chi connectivity index (χ1v) is 6.78. The summed E-state index contributed by atoms with van der Waals surface area (Å²) in [7, 11) is 0. The number of fused-ring (bicyclic) bond motifs is 1. The Labute approximate surface area is 119 Å². The Balaban J connectivity index is 2.33. The van der Waals surface area contributed by atoms with Crippen molar-refractivity contribution in [1.29, 1.82) is 0 Å². The standard InChI is InChI=1S/C14H10ClFN2S/c1-9-4-2-3-5-11(9)13-6-10-8-17-14(15)7-12(10)18(13)19-16/h2-8H,1H3. The number of halogens is 2. The van der Waals surface area contributed by atoms with Gasteiger partial charge in [-0.1, -0.05) is 35.9 Å². The Morgan fingerprint density at radius 2 is 2.05 bits per heavy atom. The van der Waals surface area contributed by atoms with Crippen molar-refractivity contribution < 1.29 is 3.89 Å². The van der Waals surface area contributed by atoms with E-state index in [1.807, 2.05) is 37.3 Å².